The first-order chi connectivity index (χ1) is 17.3. The number of carbonyl (C=O) groups is 1. The van der Waals surface area contributed by atoms with E-state index in [0.717, 1.165) is 22.3 Å². The Morgan fingerprint density at radius 3 is 2.56 bits per heavy atom. The number of nitrogens with one attached hydrogen (secondary N) is 2. The molecule has 7 nitrogen and oxygen atoms in total. The summed E-state index contributed by atoms with van der Waals surface area (Å²) in [6.45, 7) is 3.89. The summed E-state index contributed by atoms with van der Waals surface area (Å²) in [7, 11) is 0. The van der Waals surface area contributed by atoms with Gasteiger partial charge >= 0.3 is 0 Å². The highest BCUT2D eigenvalue weighted by atomic mass is 35.5. The molecule has 2 aromatic carbocycles. The number of rotatable bonds is 6. The third-order valence-electron chi connectivity index (χ3n) is 5.87. The minimum atomic E-state index is -0.445. The zero-order valence-electron chi connectivity index (χ0n) is 19.4. The summed E-state index contributed by atoms with van der Waals surface area (Å²) in [5.74, 6) is -0.568. The van der Waals surface area contributed by atoms with E-state index in [-0.39, 0.29) is 33.9 Å². The van der Waals surface area contributed by atoms with Crippen molar-refractivity contribution in [1.82, 2.24) is 30.0 Å². The number of carbonyl (C=O) groups excluding carboxylic acids is 1. The van der Waals surface area contributed by atoms with Crippen molar-refractivity contribution in [3.8, 4) is 5.69 Å². The number of aromatic nitrogens is 5. The number of aromatic amines is 1. The number of H-pyrrole nitrogens is 1. The predicted molar refractivity (Wildman–Crippen MR) is 138 cm³/mol. The molecule has 0 aliphatic heterocycles. The second kappa shape index (κ2) is 9.72. The highest BCUT2D eigenvalue weighted by molar-refractivity contribution is 6.40. The van der Waals surface area contributed by atoms with E-state index < -0.39 is 5.91 Å². The molecule has 0 radical (unpaired) electrons. The lowest BCUT2D eigenvalue weighted by Crippen LogP contribution is -2.29. The van der Waals surface area contributed by atoms with Crippen molar-refractivity contribution in [3.63, 3.8) is 0 Å². The largest absolute Gasteiger partial charge is 0.351 e. The summed E-state index contributed by atoms with van der Waals surface area (Å²) in [5.41, 5.74) is 4.02. The normalized spacial score (nSPS) is 12.1. The number of aryl methyl sites for hydroxylation is 2. The first kappa shape index (κ1) is 24.0. The number of hydrogen-bond acceptors (Lipinski definition) is 4. The summed E-state index contributed by atoms with van der Waals surface area (Å²) in [6, 6.07) is 13.5. The molecule has 5 aromatic rings. The summed E-state index contributed by atoms with van der Waals surface area (Å²) >= 11 is 12.9. The molecule has 0 fully saturated rings. The molecule has 10 heteroatoms. The Labute approximate surface area is 216 Å². The van der Waals surface area contributed by atoms with Crippen molar-refractivity contribution in [1.29, 1.82) is 0 Å². The molecule has 0 spiro atoms. The molecule has 182 valence electrons. The van der Waals surface area contributed by atoms with Gasteiger partial charge < -0.3 is 10.3 Å². The number of halogens is 3. The maximum absolute atomic E-state index is 14.1. The van der Waals surface area contributed by atoms with Crippen LogP contribution in [0.1, 0.15) is 38.9 Å². The van der Waals surface area contributed by atoms with Crippen LogP contribution in [0.3, 0.4) is 0 Å². The van der Waals surface area contributed by atoms with Gasteiger partial charge in [-0.25, -0.2) is 19.0 Å². The average molecular weight is 523 g/mol. The topological polar surface area (TPSA) is 88.5 Å². The van der Waals surface area contributed by atoms with Gasteiger partial charge in [-0.1, -0.05) is 35.3 Å². The summed E-state index contributed by atoms with van der Waals surface area (Å²) in [4.78, 5) is 25.0. The number of amides is 1. The highest BCUT2D eigenvalue weighted by Gasteiger charge is 2.21. The minimum Gasteiger partial charge on any atom is -0.351 e. The van der Waals surface area contributed by atoms with Gasteiger partial charge in [0.05, 0.1) is 21.3 Å². The van der Waals surface area contributed by atoms with E-state index >= 15 is 0 Å². The van der Waals surface area contributed by atoms with Crippen molar-refractivity contribution in [2.24, 2.45) is 0 Å². The van der Waals surface area contributed by atoms with Crippen LogP contribution in [0.2, 0.25) is 10.0 Å². The maximum Gasteiger partial charge on any atom is 0.254 e. The monoisotopic (exact) mass is 522 g/mol. The molecule has 0 saturated carbocycles. The van der Waals surface area contributed by atoms with E-state index in [0.29, 0.717) is 17.1 Å². The fourth-order valence-corrected chi connectivity index (χ4v) is 4.82. The van der Waals surface area contributed by atoms with E-state index in [1.54, 1.807) is 31.3 Å². The van der Waals surface area contributed by atoms with Gasteiger partial charge in [0.1, 0.15) is 23.6 Å². The van der Waals surface area contributed by atoms with Crippen LogP contribution in [0, 0.1) is 19.7 Å². The molecular weight excluding hydrogens is 502 g/mol. The molecule has 1 amide bonds. The molecule has 1 unspecified atom stereocenters. The SMILES string of the molecule is Cc1ncn(-c2cc(Cl)c(C(=O)NCC(c3cccc(F)c3)c3cnc4[nH]c(C)cc4c3)c(Cl)c2)n1. The van der Waals surface area contributed by atoms with Crippen LogP contribution in [-0.4, -0.2) is 37.2 Å². The molecule has 0 aliphatic carbocycles. The smallest absolute Gasteiger partial charge is 0.254 e. The number of nitrogens with zero attached hydrogens (tertiary/aromatic N) is 4. The highest BCUT2D eigenvalue weighted by Crippen LogP contribution is 2.30. The third-order valence-corrected chi connectivity index (χ3v) is 6.47. The van der Waals surface area contributed by atoms with E-state index in [1.807, 2.05) is 25.1 Å². The van der Waals surface area contributed by atoms with Crippen LogP contribution in [-0.2, 0) is 0 Å². The first-order valence-corrected chi connectivity index (χ1v) is 11.9. The number of hydrogen-bond donors (Lipinski definition) is 2. The molecule has 0 aliphatic rings. The second-order valence-corrected chi connectivity index (χ2v) is 9.31. The summed E-state index contributed by atoms with van der Waals surface area (Å²) in [6.07, 6.45) is 3.27. The van der Waals surface area contributed by atoms with E-state index in [9.17, 15) is 9.18 Å². The molecule has 0 bridgehead atoms. The van der Waals surface area contributed by atoms with E-state index in [2.05, 4.69) is 25.4 Å². The fourth-order valence-electron chi connectivity index (χ4n) is 4.17. The number of benzene rings is 2. The number of fused-ring (bicyclic) bond motifs is 1. The van der Waals surface area contributed by atoms with Gasteiger partial charge in [-0.15, -0.1) is 0 Å². The lowest BCUT2D eigenvalue weighted by molar-refractivity contribution is 0.0952. The standard InChI is InChI=1S/C26H21Cl2FN6O/c1-14-6-17-7-18(11-30-25(17)33-14)21(16-4-3-5-19(29)8-16)12-31-26(36)24-22(27)9-20(10-23(24)28)35-13-32-15(2)34-35/h3-11,13,21H,12H2,1-2H3,(H,30,33)(H,31,36). The minimum absolute atomic E-state index is 0.145. The van der Waals surface area contributed by atoms with Crippen LogP contribution in [0.4, 0.5) is 4.39 Å². The van der Waals surface area contributed by atoms with Gasteiger partial charge in [0.2, 0.25) is 0 Å². The quantitative estimate of drug-likeness (QED) is 0.296. The summed E-state index contributed by atoms with van der Waals surface area (Å²) in [5, 5.41) is 8.44. The molecule has 1 atom stereocenters. The Hall–Kier alpha value is -3.75. The van der Waals surface area contributed by atoms with Crippen LogP contribution in [0.25, 0.3) is 16.7 Å². The van der Waals surface area contributed by atoms with Gasteiger partial charge in [0, 0.05) is 29.7 Å². The van der Waals surface area contributed by atoms with Crippen LogP contribution in [0.5, 0.6) is 0 Å². The third kappa shape index (κ3) is 4.82. The predicted octanol–water partition coefficient (Wildman–Crippen LogP) is 5.77. The van der Waals surface area contributed by atoms with Gasteiger partial charge in [-0.2, -0.15) is 5.10 Å². The van der Waals surface area contributed by atoms with Gasteiger partial charge in [-0.05, 0) is 61.4 Å². The van der Waals surface area contributed by atoms with Gasteiger partial charge in [0.25, 0.3) is 5.91 Å². The fraction of sp³-hybridized carbons (Fsp3) is 0.154. The molecule has 2 N–H and O–H groups in total. The van der Waals surface area contributed by atoms with Crippen molar-refractivity contribution >= 4 is 40.1 Å². The lowest BCUT2D eigenvalue weighted by Gasteiger charge is -2.19. The molecule has 36 heavy (non-hydrogen) atoms. The van der Waals surface area contributed by atoms with Crippen LogP contribution < -0.4 is 5.32 Å². The van der Waals surface area contributed by atoms with Crippen molar-refractivity contribution in [3.05, 3.63) is 105 Å². The molecular formula is C26H21Cl2FN6O. The summed E-state index contributed by atoms with van der Waals surface area (Å²) < 4.78 is 15.6. The van der Waals surface area contributed by atoms with Crippen molar-refractivity contribution < 1.29 is 9.18 Å². The Kier molecular flexibility index (Phi) is 6.47. The van der Waals surface area contributed by atoms with Crippen molar-refractivity contribution in [2.45, 2.75) is 19.8 Å². The van der Waals surface area contributed by atoms with Gasteiger partial charge in [0.15, 0.2) is 0 Å². The number of pyridine rings is 1. The van der Waals surface area contributed by atoms with E-state index in [1.165, 1.54) is 23.1 Å². The molecule has 3 aromatic heterocycles. The first-order valence-electron chi connectivity index (χ1n) is 11.1. The van der Waals surface area contributed by atoms with Gasteiger partial charge in [-0.3, -0.25) is 4.79 Å². The maximum atomic E-state index is 14.1. The van der Waals surface area contributed by atoms with Crippen LogP contribution in [0.15, 0.2) is 61.1 Å². The van der Waals surface area contributed by atoms with Crippen molar-refractivity contribution in [2.75, 3.05) is 6.54 Å². The zero-order valence-corrected chi connectivity index (χ0v) is 20.9. The lowest BCUT2D eigenvalue weighted by atomic mass is 9.91. The second-order valence-electron chi connectivity index (χ2n) is 8.50. The molecule has 3 heterocycles. The average Bonchev–Trinajstić information content (AvgIpc) is 3.43. The molecule has 0 saturated heterocycles. The Balaban J connectivity index is 1.44. The van der Waals surface area contributed by atoms with E-state index in [4.69, 9.17) is 23.2 Å². The Bertz CT molecular complexity index is 1570. The Morgan fingerprint density at radius 2 is 1.86 bits per heavy atom. The molecule has 5 rings (SSSR count). The Morgan fingerprint density at radius 1 is 1.08 bits per heavy atom. The zero-order chi connectivity index (χ0) is 25.4. The van der Waals surface area contributed by atoms with Crippen LogP contribution >= 0.6 is 23.2 Å².